The fraction of sp³-hybridized carbons (Fsp3) is 0.167. The van der Waals surface area contributed by atoms with Gasteiger partial charge in [0.05, 0.1) is 0 Å². The maximum absolute atomic E-state index is 3.90. The predicted octanol–water partition coefficient (Wildman–Crippen LogP) is 1.54. The van der Waals surface area contributed by atoms with Crippen molar-refractivity contribution in [2.45, 2.75) is 6.92 Å². The van der Waals surface area contributed by atoms with Gasteiger partial charge < -0.3 is 0 Å². The van der Waals surface area contributed by atoms with E-state index in [2.05, 4.69) is 49.9 Å². The van der Waals surface area contributed by atoms with Gasteiger partial charge in [0.25, 0.3) is 0 Å². The molecule has 1 aromatic rings. The maximum atomic E-state index is 3.90. The van der Waals surface area contributed by atoms with Gasteiger partial charge in [0.1, 0.15) is 0 Å². The van der Waals surface area contributed by atoms with E-state index in [1.54, 1.807) is 0 Å². The molecule has 0 N–H and O–H groups in total. The Morgan fingerprint density at radius 1 is 1.33 bits per heavy atom. The van der Waals surface area contributed by atoms with Crippen LogP contribution in [0.2, 0.25) is 0 Å². The van der Waals surface area contributed by atoms with E-state index in [4.69, 9.17) is 0 Å². The molecule has 12 heavy (non-hydrogen) atoms. The van der Waals surface area contributed by atoms with Gasteiger partial charge in [0, 0.05) is 0 Å². The monoisotopic (exact) mass is 156 g/mol. The Morgan fingerprint density at radius 2 is 2.17 bits per heavy atom. The van der Waals surface area contributed by atoms with Gasteiger partial charge in [0.15, 0.2) is 0 Å². The van der Waals surface area contributed by atoms with E-state index in [9.17, 15) is 0 Å². The average Bonchev–Trinajstić information content (AvgIpc) is 2.05. The molecule has 60 valence electrons. The third-order valence-electron chi connectivity index (χ3n) is 2.17. The number of allylic oxidation sites excluding steroid dienone is 1. The minimum absolute atomic E-state index is 0.563. The van der Waals surface area contributed by atoms with Crippen LogP contribution in [0.25, 0.3) is 18.7 Å². The van der Waals surface area contributed by atoms with Gasteiger partial charge in [-0.05, 0) is 28.0 Å². The second-order valence-electron chi connectivity index (χ2n) is 3.35. The highest BCUT2D eigenvalue weighted by Crippen LogP contribution is 2.07. The van der Waals surface area contributed by atoms with Gasteiger partial charge in [-0.25, -0.2) is 0 Å². The molecule has 1 atom stereocenters. The zero-order chi connectivity index (χ0) is 8.55. The first-order valence-electron chi connectivity index (χ1n) is 4.25. The molecule has 0 heterocycles. The summed E-state index contributed by atoms with van der Waals surface area (Å²) in [6.07, 6.45) is 6.66. The van der Waals surface area contributed by atoms with Gasteiger partial charge in [-0.15, -0.1) is 0 Å². The Labute approximate surface area is 72.5 Å². The smallest absolute Gasteiger partial charge is 0.00693 e. The fourth-order valence-corrected chi connectivity index (χ4v) is 1.51. The Morgan fingerprint density at radius 3 is 3.00 bits per heavy atom. The molecule has 0 aromatic heterocycles. The van der Waals surface area contributed by atoms with Crippen LogP contribution in [0.1, 0.15) is 12.5 Å². The van der Waals surface area contributed by atoms with Crippen LogP contribution in [0.5, 0.6) is 0 Å². The van der Waals surface area contributed by atoms with E-state index in [0.717, 1.165) is 5.22 Å². The van der Waals surface area contributed by atoms with Gasteiger partial charge in [-0.2, -0.15) is 0 Å². The molecule has 0 amide bonds. The summed E-state index contributed by atoms with van der Waals surface area (Å²) in [5, 5.41) is 2.42. The Hall–Kier alpha value is -1.30. The third-order valence-corrected chi connectivity index (χ3v) is 2.17. The minimum atomic E-state index is 0.563. The molecule has 0 heteroatoms. The maximum Gasteiger partial charge on any atom is -0.00693 e. The molecule has 0 aliphatic heterocycles. The van der Waals surface area contributed by atoms with Crippen LogP contribution in [0.3, 0.4) is 0 Å². The van der Waals surface area contributed by atoms with Gasteiger partial charge >= 0.3 is 0 Å². The standard InChI is InChI=1S/C12H12/c1-9-3-5-12-8-10(2)4-6-11(12)7-9/h3-8,10H,1H2,2H3. The fourth-order valence-electron chi connectivity index (χ4n) is 1.51. The highest BCUT2D eigenvalue weighted by atomic mass is 14.0. The van der Waals surface area contributed by atoms with E-state index in [-0.39, 0.29) is 0 Å². The molecule has 0 spiro atoms. The van der Waals surface area contributed by atoms with E-state index in [1.807, 2.05) is 0 Å². The molecule has 0 saturated heterocycles. The van der Waals surface area contributed by atoms with E-state index >= 15 is 0 Å². The molecule has 0 radical (unpaired) electrons. The molecular weight excluding hydrogens is 144 g/mol. The van der Waals surface area contributed by atoms with Crippen LogP contribution in [-0.4, -0.2) is 0 Å². The molecule has 0 saturated carbocycles. The van der Waals surface area contributed by atoms with Crippen molar-refractivity contribution in [1.82, 2.24) is 0 Å². The topological polar surface area (TPSA) is 0 Å². The second kappa shape index (κ2) is 2.63. The summed E-state index contributed by atoms with van der Waals surface area (Å²) in [5.41, 5.74) is 1.29. The number of rotatable bonds is 0. The lowest BCUT2D eigenvalue weighted by Crippen LogP contribution is -2.14. The Balaban J connectivity index is 2.73. The van der Waals surface area contributed by atoms with Crippen LogP contribution < -0.4 is 10.4 Å². The minimum Gasteiger partial charge on any atom is -0.0917 e. The van der Waals surface area contributed by atoms with Crippen LogP contribution in [-0.2, 0) is 0 Å². The summed E-state index contributed by atoms with van der Waals surface area (Å²) < 4.78 is 0. The van der Waals surface area contributed by atoms with E-state index in [0.29, 0.717) is 5.92 Å². The lowest BCUT2D eigenvalue weighted by molar-refractivity contribution is 0.993. The van der Waals surface area contributed by atoms with Crippen molar-refractivity contribution in [1.29, 1.82) is 0 Å². The normalized spacial score (nSPS) is 19.9. The summed E-state index contributed by atoms with van der Waals surface area (Å²) in [7, 11) is 0. The summed E-state index contributed by atoms with van der Waals surface area (Å²) >= 11 is 0. The summed E-state index contributed by atoms with van der Waals surface area (Å²) in [6.45, 7) is 6.09. The van der Waals surface area contributed by atoms with Crippen molar-refractivity contribution < 1.29 is 0 Å². The largest absolute Gasteiger partial charge is 0.0917 e. The SMILES string of the molecule is C=c1ccc2c(c1)C=CC(C)C=2. The highest BCUT2D eigenvalue weighted by Gasteiger charge is 1.99. The lowest BCUT2D eigenvalue weighted by atomic mass is 9.99. The van der Waals surface area contributed by atoms with Crippen LogP contribution >= 0.6 is 0 Å². The lowest BCUT2D eigenvalue weighted by Gasteiger charge is -2.06. The molecular formula is C12H12. The van der Waals surface area contributed by atoms with Crippen molar-refractivity contribution in [3.8, 4) is 0 Å². The van der Waals surface area contributed by atoms with Gasteiger partial charge in [0.2, 0.25) is 0 Å². The van der Waals surface area contributed by atoms with Crippen molar-refractivity contribution in [3.63, 3.8) is 0 Å². The first-order chi connectivity index (χ1) is 5.75. The first-order valence-corrected chi connectivity index (χ1v) is 4.25. The van der Waals surface area contributed by atoms with Crippen LogP contribution in [0.4, 0.5) is 0 Å². The first kappa shape index (κ1) is 7.35. The quantitative estimate of drug-likeness (QED) is 0.534. The summed E-state index contributed by atoms with van der Waals surface area (Å²) in [5.74, 6) is 0.563. The summed E-state index contributed by atoms with van der Waals surface area (Å²) in [4.78, 5) is 0. The zero-order valence-electron chi connectivity index (χ0n) is 7.25. The number of fused-ring (bicyclic) bond motifs is 1. The van der Waals surface area contributed by atoms with E-state index in [1.165, 1.54) is 10.8 Å². The second-order valence-corrected chi connectivity index (χ2v) is 3.35. The highest BCUT2D eigenvalue weighted by molar-refractivity contribution is 5.58. The number of hydrogen-bond acceptors (Lipinski definition) is 0. The molecule has 1 aliphatic carbocycles. The Kier molecular flexibility index (Phi) is 1.61. The van der Waals surface area contributed by atoms with Crippen molar-refractivity contribution >= 4 is 18.7 Å². The third kappa shape index (κ3) is 1.20. The predicted molar refractivity (Wildman–Crippen MR) is 53.9 cm³/mol. The van der Waals surface area contributed by atoms with Gasteiger partial charge in [-0.1, -0.05) is 43.9 Å². The molecule has 1 unspecified atom stereocenters. The van der Waals surface area contributed by atoms with Crippen molar-refractivity contribution in [3.05, 3.63) is 40.3 Å². The van der Waals surface area contributed by atoms with E-state index < -0.39 is 0 Å². The average molecular weight is 156 g/mol. The van der Waals surface area contributed by atoms with Crippen molar-refractivity contribution in [2.24, 2.45) is 5.92 Å². The number of benzene rings is 1. The molecule has 2 rings (SSSR count). The zero-order valence-corrected chi connectivity index (χ0v) is 7.25. The number of hydrogen-bond donors (Lipinski definition) is 0. The Bertz CT molecular complexity index is 424. The van der Waals surface area contributed by atoms with Crippen LogP contribution in [0, 0.1) is 5.92 Å². The van der Waals surface area contributed by atoms with Crippen LogP contribution in [0.15, 0.2) is 24.3 Å². The molecule has 0 nitrogen and oxygen atoms in total. The van der Waals surface area contributed by atoms with Crippen molar-refractivity contribution in [2.75, 3.05) is 0 Å². The molecule has 0 bridgehead atoms. The molecule has 1 aromatic carbocycles. The summed E-state index contributed by atoms with van der Waals surface area (Å²) in [6, 6.07) is 6.31. The molecule has 0 fully saturated rings. The van der Waals surface area contributed by atoms with Gasteiger partial charge in [-0.3, -0.25) is 0 Å². The molecule has 1 aliphatic rings.